The van der Waals surface area contributed by atoms with Crippen molar-refractivity contribution in [3.8, 4) is 0 Å². The molecule has 1 heterocycles. The van der Waals surface area contributed by atoms with Gasteiger partial charge in [-0.2, -0.15) is 0 Å². The van der Waals surface area contributed by atoms with E-state index >= 15 is 0 Å². The first-order valence-corrected chi connectivity index (χ1v) is 12.7. The van der Waals surface area contributed by atoms with E-state index < -0.39 is 11.7 Å². The zero-order valence-corrected chi connectivity index (χ0v) is 21.5. The van der Waals surface area contributed by atoms with Crippen LogP contribution in [-0.4, -0.2) is 70.3 Å². The summed E-state index contributed by atoms with van der Waals surface area (Å²) < 4.78 is 21.4. The summed E-state index contributed by atoms with van der Waals surface area (Å²) in [5, 5.41) is 5.51. The second-order valence-electron chi connectivity index (χ2n) is 8.60. The number of hydrogen-bond donors (Lipinski definition) is 2. The number of carbonyl (C=O) groups excluding carboxylic acids is 2. The Morgan fingerprint density at radius 3 is 2.06 bits per heavy atom. The number of thiophene rings is 1. The average molecular weight is 487 g/mol. The van der Waals surface area contributed by atoms with E-state index in [1.54, 1.807) is 11.3 Å². The molecule has 190 valence electrons. The quantitative estimate of drug-likeness (QED) is 0.302. The molecular weight excluding hydrogens is 444 g/mol. The number of unbranched alkanes of at least 4 members (excludes halogenated alkanes) is 3. The molecule has 0 unspecified atom stereocenters. The van der Waals surface area contributed by atoms with Gasteiger partial charge in [0.05, 0.1) is 44.5 Å². The van der Waals surface area contributed by atoms with E-state index in [1.165, 1.54) is 30.6 Å². The van der Waals surface area contributed by atoms with Gasteiger partial charge in [0.15, 0.2) is 0 Å². The predicted molar refractivity (Wildman–Crippen MR) is 131 cm³/mol. The third-order valence-corrected chi connectivity index (χ3v) is 5.50. The van der Waals surface area contributed by atoms with E-state index in [9.17, 15) is 9.59 Å². The van der Waals surface area contributed by atoms with E-state index in [2.05, 4.69) is 23.6 Å². The molecule has 0 spiro atoms. The Kier molecular flexibility index (Phi) is 15.8. The van der Waals surface area contributed by atoms with Gasteiger partial charge in [-0.1, -0.05) is 26.2 Å². The fraction of sp³-hybridized carbons (Fsp3) is 0.750. The van der Waals surface area contributed by atoms with Gasteiger partial charge in [-0.15, -0.1) is 11.3 Å². The predicted octanol–water partition coefficient (Wildman–Crippen LogP) is 4.18. The monoisotopic (exact) mass is 486 g/mol. The van der Waals surface area contributed by atoms with E-state index in [0.717, 1.165) is 11.3 Å². The van der Waals surface area contributed by atoms with Crippen LogP contribution in [0, 0.1) is 0 Å². The average Bonchev–Trinajstić information content (AvgIpc) is 3.22. The molecular formula is C24H42N2O6S. The molecule has 0 fully saturated rings. The van der Waals surface area contributed by atoms with Crippen molar-refractivity contribution >= 4 is 23.3 Å². The van der Waals surface area contributed by atoms with Crippen LogP contribution in [0.4, 0.5) is 4.79 Å². The van der Waals surface area contributed by atoms with Crippen molar-refractivity contribution in [1.29, 1.82) is 0 Å². The normalized spacial score (nSPS) is 11.4. The number of carbonyl (C=O) groups is 2. The Hall–Kier alpha value is -1.68. The standard InChI is InChI=1S/C24H42N2O6S/c1-5-6-7-8-9-20-10-11-21(33-20)22(27)25-12-14-29-16-18-31-19-17-30-15-13-26-23(28)32-24(2,3)4/h10-11H,5-9,12-19H2,1-4H3,(H,25,27)(H,26,28). The van der Waals surface area contributed by atoms with Gasteiger partial charge in [-0.3, -0.25) is 4.79 Å². The van der Waals surface area contributed by atoms with Gasteiger partial charge in [-0.05, 0) is 45.7 Å². The van der Waals surface area contributed by atoms with Crippen molar-refractivity contribution in [1.82, 2.24) is 10.6 Å². The van der Waals surface area contributed by atoms with Gasteiger partial charge in [0.1, 0.15) is 5.60 Å². The van der Waals surface area contributed by atoms with Crippen LogP contribution in [0.1, 0.15) is 67.9 Å². The van der Waals surface area contributed by atoms with Crippen LogP contribution in [0.25, 0.3) is 0 Å². The first-order valence-electron chi connectivity index (χ1n) is 11.9. The van der Waals surface area contributed by atoms with Crippen LogP contribution in [0.15, 0.2) is 12.1 Å². The maximum Gasteiger partial charge on any atom is 0.407 e. The second kappa shape index (κ2) is 17.8. The van der Waals surface area contributed by atoms with E-state index in [4.69, 9.17) is 18.9 Å². The van der Waals surface area contributed by atoms with E-state index in [0.29, 0.717) is 52.7 Å². The molecule has 1 aromatic rings. The summed E-state index contributed by atoms with van der Waals surface area (Å²) in [4.78, 5) is 25.7. The highest BCUT2D eigenvalue weighted by Gasteiger charge is 2.15. The lowest BCUT2D eigenvalue weighted by atomic mass is 10.1. The lowest BCUT2D eigenvalue weighted by Crippen LogP contribution is -2.34. The zero-order chi connectivity index (χ0) is 24.4. The third kappa shape index (κ3) is 16.6. The Morgan fingerprint density at radius 1 is 0.848 bits per heavy atom. The van der Waals surface area contributed by atoms with Gasteiger partial charge in [0.25, 0.3) is 5.91 Å². The zero-order valence-electron chi connectivity index (χ0n) is 20.7. The van der Waals surface area contributed by atoms with Gasteiger partial charge in [0.2, 0.25) is 0 Å². The molecule has 9 heteroatoms. The number of alkyl carbamates (subject to hydrolysis) is 1. The van der Waals surface area contributed by atoms with Crippen molar-refractivity contribution in [3.63, 3.8) is 0 Å². The molecule has 8 nitrogen and oxygen atoms in total. The summed E-state index contributed by atoms with van der Waals surface area (Å²) in [6, 6.07) is 3.96. The molecule has 1 rings (SSSR count). The molecule has 0 saturated carbocycles. The number of rotatable bonds is 18. The molecule has 0 aliphatic heterocycles. The first kappa shape index (κ1) is 29.4. The maximum atomic E-state index is 12.2. The van der Waals surface area contributed by atoms with Crippen LogP contribution in [0.5, 0.6) is 0 Å². The fourth-order valence-electron chi connectivity index (χ4n) is 2.77. The summed E-state index contributed by atoms with van der Waals surface area (Å²) in [6.45, 7) is 11.1. The van der Waals surface area contributed by atoms with Crippen molar-refractivity contribution < 1.29 is 28.5 Å². The lowest BCUT2D eigenvalue weighted by molar-refractivity contribution is 0.0146. The van der Waals surface area contributed by atoms with Crippen LogP contribution in [-0.2, 0) is 25.4 Å². The molecule has 0 aliphatic rings. The molecule has 2 amide bonds. The topological polar surface area (TPSA) is 95.1 Å². The minimum atomic E-state index is -0.506. The SMILES string of the molecule is CCCCCCc1ccc(C(=O)NCCOCCOCCOCCNC(=O)OC(C)(C)C)s1. The molecule has 0 aliphatic carbocycles. The van der Waals surface area contributed by atoms with Crippen LogP contribution >= 0.6 is 11.3 Å². The highest BCUT2D eigenvalue weighted by atomic mass is 32.1. The lowest BCUT2D eigenvalue weighted by Gasteiger charge is -2.19. The molecule has 33 heavy (non-hydrogen) atoms. The van der Waals surface area contributed by atoms with E-state index in [1.807, 2.05) is 26.8 Å². The van der Waals surface area contributed by atoms with Crippen molar-refractivity contribution in [2.45, 2.75) is 65.4 Å². The highest BCUT2D eigenvalue weighted by molar-refractivity contribution is 7.14. The summed E-state index contributed by atoms with van der Waals surface area (Å²) in [5.41, 5.74) is -0.506. The Bertz CT molecular complexity index is 660. The van der Waals surface area contributed by atoms with Gasteiger partial charge >= 0.3 is 6.09 Å². The van der Waals surface area contributed by atoms with Gasteiger partial charge in [-0.25, -0.2) is 4.79 Å². The van der Waals surface area contributed by atoms with Crippen molar-refractivity contribution in [2.24, 2.45) is 0 Å². The minimum absolute atomic E-state index is 0.0436. The summed E-state index contributed by atoms with van der Waals surface area (Å²) in [5.74, 6) is -0.0436. The smallest absolute Gasteiger partial charge is 0.407 e. The summed E-state index contributed by atoms with van der Waals surface area (Å²) >= 11 is 1.58. The van der Waals surface area contributed by atoms with Crippen molar-refractivity contribution in [3.05, 3.63) is 21.9 Å². The van der Waals surface area contributed by atoms with Crippen LogP contribution in [0.3, 0.4) is 0 Å². The first-order chi connectivity index (χ1) is 15.8. The third-order valence-electron chi connectivity index (χ3n) is 4.35. The Labute approximate surface area is 202 Å². The molecule has 0 radical (unpaired) electrons. The fourth-order valence-corrected chi connectivity index (χ4v) is 3.73. The second-order valence-corrected chi connectivity index (χ2v) is 9.77. The summed E-state index contributed by atoms with van der Waals surface area (Å²) in [6.07, 6.45) is 5.53. The van der Waals surface area contributed by atoms with Crippen LogP contribution in [0.2, 0.25) is 0 Å². The molecule has 1 aromatic heterocycles. The minimum Gasteiger partial charge on any atom is -0.444 e. The number of hydrogen-bond acceptors (Lipinski definition) is 7. The molecule has 0 atom stereocenters. The van der Waals surface area contributed by atoms with Gasteiger partial charge < -0.3 is 29.6 Å². The largest absolute Gasteiger partial charge is 0.444 e. The van der Waals surface area contributed by atoms with Crippen LogP contribution < -0.4 is 10.6 Å². The molecule has 2 N–H and O–H groups in total. The highest BCUT2D eigenvalue weighted by Crippen LogP contribution is 2.19. The number of amides is 2. The number of aryl methyl sites for hydroxylation is 1. The number of ether oxygens (including phenoxy) is 4. The Morgan fingerprint density at radius 2 is 1.45 bits per heavy atom. The summed E-state index contributed by atoms with van der Waals surface area (Å²) in [7, 11) is 0. The Balaban J connectivity index is 1.90. The molecule has 0 aromatic carbocycles. The number of nitrogens with one attached hydrogen (secondary N) is 2. The maximum absolute atomic E-state index is 12.2. The van der Waals surface area contributed by atoms with Crippen molar-refractivity contribution in [2.75, 3.05) is 52.7 Å². The molecule has 0 bridgehead atoms. The van der Waals surface area contributed by atoms with E-state index in [-0.39, 0.29) is 5.91 Å². The van der Waals surface area contributed by atoms with Gasteiger partial charge in [0, 0.05) is 18.0 Å². The molecule has 0 saturated heterocycles.